The number of nitrogens with two attached hydrogens (primary N) is 1. The number of hydrogen-bond acceptors (Lipinski definition) is 6. The molecule has 8 heteroatoms. The molecule has 0 spiro atoms. The van der Waals surface area contributed by atoms with Crippen LogP contribution >= 0.6 is 12.2 Å². The SMILES string of the molecule is COc1cc2c(cc1OC)[C@@H]1CC(=NNC(N)=S)C3=C(CC(C)(C)CC3=O)N1CC2. The molecule has 0 amide bonds. The smallest absolute Gasteiger partial charge is 0.184 e. The standard InChI is InChI=1S/C22H28N4O3S/c1-22(2)10-16-20(17(27)11-22)14(24-25-21(23)30)9-15-13-8-19(29-4)18(28-3)7-12(13)5-6-26(15)16/h7-8,15H,5-6,9-11H2,1-4H3,(H3,23,25,30)/t15-/m0/s1. The highest BCUT2D eigenvalue weighted by Crippen LogP contribution is 2.49. The van der Waals surface area contributed by atoms with E-state index in [9.17, 15) is 4.79 Å². The molecule has 30 heavy (non-hydrogen) atoms. The molecule has 0 saturated carbocycles. The number of benzene rings is 1. The van der Waals surface area contributed by atoms with E-state index in [0.717, 1.165) is 42.1 Å². The monoisotopic (exact) mass is 428 g/mol. The van der Waals surface area contributed by atoms with Crippen LogP contribution in [0.25, 0.3) is 0 Å². The van der Waals surface area contributed by atoms with Gasteiger partial charge in [0.1, 0.15) is 0 Å². The average Bonchev–Trinajstić information content (AvgIpc) is 2.69. The number of allylic oxidation sites excluding steroid dienone is 2. The Morgan fingerprint density at radius 3 is 2.63 bits per heavy atom. The van der Waals surface area contributed by atoms with Crippen LogP contribution in [-0.4, -0.2) is 42.3 Å². The summed E-state index contributed by atoms with van der Waals surface area (Å²) in [5, 5.41) is 4.53. The Morgan fingerprint density at radius 2 is 1.97 bits per heavy atom. The number of nitrogens with zero attached hydrogens (tertiary/aromatic N) is 2. The maximum absolute atomic E-state index is 13.1. The summed E-state index contributed by atoms with van der Waals surface area (Å²) in [6.45, 7) is 5.15. The minimum atomic E-state index is -0.0859. The Labute approximate surface area is 182 Å². The van der Waals surface area contributed by atoms with Crippen molar-refractivity contribution >= 4 is 28.8 Å². The molecule has 2 aliphatic heterocycles. The highest BCUT2D eigenvalue weighted by Gasteiger charge is 2.44. The molecule has 7 nitrogen and oxygen atoms in total. The van der Waals surface area contributed by atoms with E-state index < -0.39 is 0 Å². The summed E-state index contributed by atoms with van der Waals surface area (Å²) in [6, 6.07) is 4.20. The first-order valence-corrected chi connectivity index (χ1v) is 10.5. The Kier molecular flexibility index (Phi) is 5.22. The van der Waals surface area contributed by atoms with E-state index >= 15 is 0 Å². The number of ketones is 1. The number of thiocarbonyl (C=S) groups is 1. The molecule has 1 aromatic rings. The zero-order valence-corrected chi connectivity index (χ0v) is 18.7. The summed E-state index contributed by atoms with van der Waals surface area (Å²) < 4.78 is 11.1. The Hall–Kier alpha value is -2.61. The topological polar surface area (TPSA) is 89.2 Å². The summed E-state index contributed by atoms with van der Waals surface area (Å²) >= 11 is 4.93. The predicted molar refractivity (Wildman–Crippen MR) is 120 cm³/mol. The second-order valence-electron chi connectivity index (χ2n) is 8.87. The van der Waals surface area contributed by atoms with E-state index in [1.54, 1.807) is 14.2 Å². The highest BCUT2D eigenvalue weighted by atomic mass is 32.1. The molecule has 1 atom stereocenters. The van der Waals surface area contributed by atoms with Gasteiger partial charge in [-0.1, -0.05) is 13.8 Å². The lowest BCUT2D eigenvalue weighted by Gasteiger charge is -2.48. The van der Waals surface area contributed by atoms with Crippen LogP contribution in [0.1, 0.15) is 50.3 Å². The summed E-state index contributed by atoms with van der Waals surface area (Å²) in [5.74, 6) is 1.58. The number of nitrogens with one attached hydrogen (secondary N) is 1. The van der Waals surface area contributed by atoms with Gasteiger partial charge >= 0.3 is 0 Å². The van der Waals surface area contributed by atoms with Gasteiger partial charge in [0, 0.05) is 25.1 Å². The van der Waals surface area contributed by atoms with Crippen LogP contribution in [0.4, 0.5) is 0 Å². The normalized spacial score (nSPS) is 23.5. The molecule has 1 aromatic carbocycles. The van der Waals surface area contributed by atoms with Crippen molar-refractivity contribution in [3.63, 3.8) is 0 Å². The van der Waals surface area contributed by atoms with E-state index in [1.165, 1.54) is 11.1 Å². The molecule has 4 rings (SSSR count). The van der Waals surface area contributed by atoms with E-state index in [4.69, 9.17) is 27.4 Å². The molecule has 0 bridgehead atoms. The first kappa shape index (κ1) is 20.7. The number of hydrazone groups is 1. The second-order valence-corrected chi connectivity index (χ2v) is 9.31. The third kappa shape index (κ3) is 3.53. The molecule has 0 fully saturated rings. The van der Waals surface area contributed by atoms with Gasteiger partial charge in [-0.15, -0.1) is 0 Å². The van der Waals surface area contributed by atoms with Crippen molar-refractivity contribution in [1.82, 2.24) is 10.3 Å². The lowest BCUT2D eigenvalue weighted by Crippen LogP contribution is -2.46. The minimum absolute atomic E-state index is 0.0703. The molecule has 3 aliphatic rings. The van der Waals surface area contributed by atoms with Gasteiger partial charge in [-0.05, 0) is 53.7 Å². The van der Waals surface area contributed by atoms with Gasteiger partial charge in [-0.3, -0.25) is 10.2 Å². The van der Waals surface area contributed by atoms with Crippen molar-refractivity contribution < 1.29 is 14.3 Å². The van der Waals surface area contributed by atoms with Crippen molar-refractivity contribution in [2.24, 2.45) is 16.3 Å². The third-order valence-corrected chi connectivity index (χ3v) is 6.27. The van der Waals surface area contributed by atoms with Crippen LogP contribution in [0.3, 0.4) is 0 Å². The van der Waals surface area contributed by atoms with Crippen molar-refractivity contribution in [3.8, 4) is 11.5 Å². The molecule has 0 saturated heterocycles. The fourth-order valence-corrected chi connectivity index (χ4v) is 4.99. The van der Waals surface area contributed by atoms with Crippen LogP contribution in [0.2, 0.25) is 0 Å². The number of ether oxygens (including phenoxy) is 2. The van der Waals surface area contributed by atoms with Crippen molar-refractivity contribution in [3.05, 3.63) is 34.5 Å². The van der Waals surface area contributed by atoms with Gasteiger partial charge in [0.25, 0.3) is 0 Å². The highest BCUT2D eigenvalue weighted by molar-refractivity contribution is 7.80. The maximum atomic E-state index is 13.1. The molecule has 0 unspecified atom stereocenters. The molecule has 3 N–H and O–H groups in total. The van der Waals surface area contributed by atoms with Crippen LogP contribution in [0.15, 0.2) is 28.5 Å². The first-order valence-electron chi connectivity index (χ1n) is 10.1. The molecular weight excluding hydrogens is 400 g/mol. The van der Waals surface area contributed by atoms with Crippen molar-refractivity contribution in [2.45, 2.75) is 45.6 Å². The van der Waals surface area contributed by atoms with Gasteiger partial charge in [-0.2, -0.15) is 5.10 Å². The average molecular weight is 429 g/mol. The van der Waals surface area contributed by atoms with E-state index in [-0.39, 0.29) is 22.4 Å². The summed E-state index contributed by atoms with van der Waals surface area (Å²) in [5.41, 5.74) is 13.2. The summed E-state index contributed by atoms with van der Waals surface area (Å²) in [4.78, 5) is 15.5. The van der Waals surface area contributed by atoms with E-state index in [2.05, 4.69) is 41.4 Å². The van der Waals surface area contributed by atoms with Crippen molar-refractivity contribution in [2.75, 3.05) is 20.8 Å². The van der Waals surface area contributed by atoms with Crippen LogP contribution < -0.4 is 20.6 Å². The fourth-order valence-electron chi connectivity index (χ4n) is 4.94. The number of methoxy groups -OCH3 is 2. The zero-order chi connectivity index (χ0) is 21.6. The van der Waals surface area contributed by atoms with Gasteiger partial charge in [0.2, 0.25) is 0 Å². The van der Waals surface area contributed by atoms with Crippen LogP contribution in [-0.2, 0) is 11.2 Å². The number of carbonyl (C=O) groups is 1. The number of Topliss-reactive ketones (excluding diaryl/α,β-unsaturated/α-hetero) is 1. The number of rotatable bonds is 3. The largest absolute Gasteiger partial charge is 0.493 e. The van der Waals surface area contributed by atoms with Crippen LogP contribution in [0, 0.1) is 5.41 Å². The Bertz CT molecular complexity index is 983. The molecule has 1 aliphatic carbocycles. The third-order valence-electron chi connectivity index (χ3n) is 6.18. The molecular formula is C22H28N4O3S. The Morgan fingerprint density at radius 1 is 1.27 bits per heavy atom. The summed E-state index contributed by atoms with van der Waals surface area (Å²) in [6.07, 6.45) is 2.83. The first-order chi connectivity index (χ1) is 14.2. The maximum Gasteiger partial charge on any atom is 0.184 e. The van der Waals surface area contributed by atoms with E-state index in [0.29, 0.717) is 18.6 Å². The minimum Gasteiger partial charge on any atom is -0.493 e. The zero-order valence-electron chi connectivity index (χ0n) is 17.9. The fraction of sp³-hybridized carbons (Fsp3) is 0.500. The van der Waals surface area contributed by atoms with Gasteiger partial charge in [0.15, 0.2) is 22.4 Å². The number of fused-ring (bicyclic) bond motifs is 4. The van der Waals surface area contributed by atoms with Crippen LogP contribution in [0.5, 0.6) is 11.5 Å². The molecule has 0 radical (unpaired) electrons. The quantitative estimate of drug-likeness (QED) is 0.565. The summed E-state index contributed by atoms with van der Waals surface area (Å²) in [7, 11) is 3.30. The lowest BCUT2D eigenvalue weighted by molar-refractivity contribution is -0.118. The van der Waals surface area contributed by atoms with Gasteiger partial charge in [-0.25, -0.2) is 0 Å². The molecule has 0 aromatic heterocycles. The van der Waals surface area contributed by atoms with Crippen molar-refractivity contribution in [1.29, 1.82) is 0 Å². The van der Waals surface area contributed by atoms with Gasteiger partial charge < -0.3 is 20.1 Å². The predicted octanol–water partition coefficient (Wildman–Crippen LogP) is 2.84. The molecule has 160 valence electrons. The molecule has 2 heterocycles. The Balaban J connectivity index is 1.85. The number of hydrogen-bond donors (Lipinski definition) is 2. The second kappa shape index (κ2) is 7.58. The van der Waals surface area contributed by atoms with Gasteiger partial charge in [0.05, 0.1) is 31.5 Å². The number of carbonyl (C=O) groups excluding carboxylic acids is 1. The lowest BCUT2D eigenvalue weighted by atomic mass is 9.71. The van der Waals surface area contributed by atoms with E-state index in [1.807, 2.05) is 0 Å².